The molecule has 11 heteroatoms. The molecule has 0 unspecified atom stereocenters. The average molecular weight is 420 g/mol. The standard InChI is InChI=1S/C17H16F4N2O4S/c1-10(2)23-28(25,26)11-7-8-13(18)12(9-11)16(24)22-14-5-3-4-6-15(14)27-17(19,20)21/h3-10,23H,1-2H3,(H,22,24). The number of hydrogen-bond acceptors (Lipinski definition) is 4. The Morgan fingerprint density at radius 3 is 2.36 bits per heavy atom. The van der Waals surface area contributed by atoms with E-state index in [0.29, 0.717) is 0 Å². The first kappa shape index (κ1) is 21.6. The van der Waals surface area contributed by atoms with E-state index < -0.39 is 45.5 Å². The lowest BCUT2D eigenvalue weighted by atomic mass is 10.2. The van der Waals surface area contributed by atoms with Gasteiger partial charge >= 0.3 is 6.36 Å². The summed E-state index contributed by atoms with van der Waals surface area (Å²) in [5.74, 6) is -2.89. The zero-order valence-electron chi connectivity index (χ0n) is 14.7. The first-order chi connectivity index (χ1) is 12.9. The van der Waals surface area contributed by atoms with Gasteiger partial charge in [0.1, 0.15) is 5.82 Å². The highest BCUT2D eigenvalue weighted by Crippen LogP contribution is 2.30. The van der Waals surface area contributed by atoms with E-state index in [2.05, 4.69) is 14.8 Å². The second kappa shape index (κ2) is 8.15. The molecule has 0 aliphatic heterocycles. The van der Waals surface area contributed by atoms with Crippen LogP contribution in [0.2, 0.25) is 0 Å². The number of nitrogens with one attached hydrogen (secondary N) is 2. The number of halogens is 4. The molecule has 0 heterocycles. The van der Waals surface area contributed by atoms with Crippen molar-refractivity contribution in [3.05, 3.63) is 53.8 Å². The minimum Gasteiger partial charge on any atom is -0.404 e. The van der Waals surface area contributed by atoms with Crippen molar-refractivity contribution in [1.29, 1.82) is 0 Å². The maximum Gasteiger partial charge on any atom is 0.573 e. The first-order valence-electron chi connectivity index (χ1n) is 7.87. The second-order valence-electron chi connectivity index (χ2n) is 5.92. The highest BCUT2D eigenvalue weighted by Gasteiger charge is 2.32. The number of rotatable bonds is 6. The third kappa shape index (κ3) is 5.67. The number of carbonyl (C=O) groups excluding carboxylic acids is 1. The van der Waals surface area contributed by atoms with Crippen LogP contribution in [0.25, 0.3) is 0 Å². The molecule has 0 radical (unpaired) electrons. The van der Waals surface area contributed by atoms with Gasteiger partial charge in [-0.15, -0.1) is 13.2 Å². The Bertz CT molecular complexity index is 975. The predicted octanol–water partition coefficient (Wildman–Crippen LogP) is 3.66. The monoisotopic (exact) mass is 420 g/mol. The largest absolute Gasteiger partial charge is 0.573 e. The number of amides is 1. The van der Waals surface area contributed by atoms with Gasteiger partial charge in [0.25, 0.3) is 5.91 Å². The Hall–Kier alpha value is -2.66. The molecule has 0 spiro atoms. The van der Waals surface area contributed by atoms with Gasteiger partial charge in [-0.3, -0.25) is 4.79 Å². The SMILES string of the molecule is CC(C)NS(=O)(=O)c1ccc(F)c(C(=O)Nc2ccccc2OC(F)(F)F)c1. The van der Waals surface area contributed by atoms with E-state index in [1.807, 2.05) is 0 Å². The van der Waals surface area contributed by atoms with Crippen LogP contribution in [-0.2, 0) is 10.0 Å². The van der Waals surface area contributed by atoms with Gasteiger partial charge in [0.05, 0.1) is 16.1 Å². The average Bonchev–Trinajstić information content (AvgIpc) is 2.54. The summed E-state index contributed by atoms with van der Waals surface area (Å²) in [6.07, 6.45) is -5.00. The summed E-state index contributed by atoms with van der Waals surface area (Å²) in [5, 5.41) is 2.09. The maximum atomic E-state index is 14.1. The number of sulfonamides is 1. The van der Waals surface area contributed by atoms with Gasteiger partial charge in [0.15, 0.2) is 5.75 Å². The van der Waals surface area contributed by atoms with Crippen LogP contribution >= 0.6 is 0 Å². The molecular formula is C17H16F4N2O4S. The molecule has 2 aromatic rings. The molecule has 0 saturated heterocycles. The van der Waals surface area contributed by atoms with Crippen molar-refractivity contribution in [3.8, 4) is 5.75 Å². The van der Waals surface area contributed by atoms with E-state index in [0.717, 1.165) is 30.3 Å². The van der Waals surface area contributed by atoms with Crippen molar-refractivity contribution in [3.63, 3.8) is 0 Å². The fourth-order valence-corrected chi connectivity index (χ4v) is 3.47. The fourth-order valence-electron chi connectivity index (χ4n) is 2.20. The molecule has 0 bridgehead atoms. The molecule has 28 heavy (non-hydrogen) atoms. The van der Waals surface area contributed by atoms with Crippen LogP contribution in [0.3, 0.4) is 0 Å². The van der Waals surface area contributed by atoms with E-state index in [9.17, 15) is 30.8 Å². The molecule has 0 aliphatic carbocycles. The molecule has 0 fully saturated rings. The van der Waals surface area contributed by atoms with Crippen LogP contribution in [0.4, 0.5) is 23.2 Å². The smallest absolute Gasteiger partial charge is 0.404 e. The summed E-state index contributed by atoms with van der Waals surface area (Å²) in [7, 11) is -4.01. The number of benzene rings is 2. The summed E-state index contributed by atoms with van der Waals surface area (Å²) >= 11 is 0. The van der Waals surface area contributed by atoms with Gasteiger partial charge in [0, 0.05) is 6.04 Å². The van der Waals surface area contributed by atoms with Crippen LogP contribution in [0.1, 0.15) is 24.2 Å². The number of carbonyl (C=O) groups is 1. The van der Waals surface area contributed by atoms with Crippen LogP contribution in [0.5, 0.6) is 5.75 Å². The predicted molar refractivity (Wildman–Crippen MR) is 92.9 cm³/mol. The lowest BCUT2D eigenvalue weighted by molar-refractivity contribution is -0.274. The van der Waals surface area contributed by atoms with Crippen molar-refractivity contribution >= 4 is 21.6 Å². The highest BCUT2D eigenvalue weighted by molar-refractivity contribution is 7.89. The number of para-hydroxylation sites is 2. The Kier molecular flexibility index (Phi) is 6.30. The molecule has 0 saturated carbocycles. The summed E-state index contributed by atoms with van der Waals surface area (Å²) < 4.78 is 81.9. The fraction of sp³-hybridized carbons (Fsp3) is 0.235. The van der Waals surface area contributed by atoms with Gasteiger partial charge in [-0.05, 0) is 44.2 Å². The Morgan fingerprint density at radius 2 is 1.75 bits per heavy atom. The molecule has 0 aromatic heterocycles. The number of alkyl halides is 3. The quantitative estimate of drug-likeness (QED) is 0.699. The van der Waals surface area contributed by atoms with Crippen molar-refractivity contribution in [1.82, 2.24) is 4.72 Å². The summed E-state index contributed by atoms with van der Waals surface area (Å²) in [5.41, 5.74) is -1.02. The zero-order valence-corrected chi connectivity index (χ0v) is 15.5. The van der Waals surface area contributed by atoms with Crippen molar-refractivity contribution < 1.29 is 35.5 Å². The van der Waals surface area contributed by atoms with Crippen LogP contribution in [0.15, 0.2) is 47.4 Å². The molecule has 2 rings (SSSR count). The van der Waals surface area contributed by atoms with E-state index in [-0.39, 0.29) is 10.6 Å². The second-order valence-corrected chi connectivity index (χ2v) is 7.63. The lowest BCUT2D eigenvalue weighted by Gasteiger charge is -2.14. The molecule has 2 N–H and O–H groups in total. The number of hydrogen-bond donors (Lipinski definition) is 2. The molecule has 2 aromatic carbocycles. The summed E-state index contributed by atoms with van der Waals surface area (Å²) in [4.78, 5) is 12.0. The molecule has 0 atom stereocenters. The first-order valence-corrected chi connectivity index (χ1v) is 9.35. The minimum absolute atomic E-state index is 0.363. The Morgan fingerprint density at radius 1 is 1.11 bits per heavy atom. The van der Waals surface area contributed by atoms with Gasteiger partial charge in [0.2, 0.25) is 10.0 Å². The van der Waals surface area contributed by atoms with Crippen molar-refractivity contribution in [2.24, 2.45) is 0 Å². The van der Waals surface area contributed by atoms with E-state index >= 15 is 0 Å². The van der Waals surface area contributed by atoms with Gasteiger partial charge in [-0.1, -0.05) is 12.1 Å². The molecule has 6 nitrogen and oxygen atoms in total. The van der Waals surface area contributed by atoms with Gasteiger partial charge < -0.3 is 10.1 Å². The topological polar surface area (TPSA) is 84.5 Å². The third-order valence-corrected chi connectivity index (χ3v) is 4.90. The normalized spacial score (nSPS) is 12.1. The van der Waals surface area contributed by atoms with Gasteiger partial charge in [-0.2, -0.15) is 0 Å². The third-order valence-electron chi connectivity index (χ3n) is 3.24. The maximum absolute atomic E-state index is 14.1. The highest BCUT2D eigenvalue weighted by atomic mass is 32.2. The Labute approximate surface area is 158 Å². The summed E-state index contributed by atoms with van der Waals surface area (Å²) in [6, 6.07) is 6.77. The van der Waals surface area contributed by atoms with Crippen LogP contribution < -0.4 is 14.8 Å². The molecule has 1 amide bonds. The molecule has 152 valence electrons. The van der Waals surface area contributed by atoms with Crippen LogP contribution in [-0.4, -0.2) is 26.7 Å². The Balaban J connectivity index is 2.35. The zero-order chi connectivity index (χ0) is 21.1. The summed E-state index contributed by atoms with van der Waals surface area (Å²) in [6.45, 7) is 3.15. The number of anilines is 1. The van der Waals surface area contributed by atoms with Crippen LogP contribution in [0, 0.1) is 5.82 Å². The van der Waals surface area contributed by atoms with E-state index in [1.165, 1.54) is 12.1 Å². The van der Waals surface area contributed by atoms with E-state index in [1.54, 1.807) is 13.8 Å². The molecular weight excluding hydrogens is 404 g/mol. The van der Waals surface area contributed by atoms with Crippen molar-refractivity contribution in [2.75, 3.05) is 5.32 Å². The minimum atomic E-state index is -5.00. The number of ether oxygens (including phenoxy) is 1. The molecule has 0 aliphatic rings. The van der Waals surface area contributed by atoms with Gasteiger partial charge in [-0.25, -0.2) is 17.5 Å². The van der Waals surface area contributed by atoms with E-state index in [4.69, 9.17) is 0 Å². The lowest BCUT2D eigenvalue weighted by Crippen LogP contribution is -2.30. The van der Waals surface area contributed by atoms with Crippen molar-refractivity contribution in [2.45, 2.75) is 31.1 Å².